The Bertz CT molecular complexity index is 1200. The summed E-state index contributed by atoms with van der Waals surface area (Å²) in [6.07, 6.45) is 0. The lowest BCUT2D eigenvalue weighted by Gasteiger charge is -2.03. The molecule has 0 saturated carbocycles. The van der Waals surface area contributed by atoms with Crippen molar-refractivity contribution in [3.63, 3.8) is 0 Å². The highest BCUT2D eigenvalue weighted by atomic mass is 14.9. The van der Waals surface area contributed by atoms with Crippen molar-refractivity contribution in [2.45, 2.75) is 0 Å². The zero-order chi connectivity index (χ0) is 16.1. The van der Waals surface area contributed by atoms with Gasteiger partial charge in [0, 0.05) is 28.7 Å². The number of rotatable bonds is 1. The molecule has 0 saturated heterocycles. The molecule has 0 atom stereocenters. The van der Waals surface area contributed by atoms with Crippen LogP contribution in [0.1, 0.15) is 0 Å². The van der Waals surface area contributed by atoms with Gasteiger partial charge in [0.25, 0.3) is 0 Å². The fraction of sp³-hybridized carbons (Fsp3) is 0.0435. The molecule has 0 aliphatic heterocycles. The van der Waals surface area contributed by atoms with E-state index in [1.54, 1.807) is 0 Å². The van der Waals surface area contributed by atoms with Gasteiger partial charge in [0.05, 0.1) is 5.52 Å². The monoisotopic (exact) mass is 307 g/mol. The molecular weight excluding hydrogens is 290 g/mol. The molecule has 0 aliphatic carbocycles. The quantitative estimate of drug-likeness (QED) is 0.350. The lowest BCUT2D eigenvalue weighted by Crippen LogP contribution is -1.87. The van der Waals surface area contributed by atoms with Crippen LogP contribution in [0.25, 0.3) is 43.7 Å². The van der Waals surface area contributed by atoms with Crippen LogP contribution in [0.3, 0.4) is 0 Å². The molecule has 1 nitrogen and oxygen atoms in total. The maximum atomic E-state index is 2.32. The number of hydrogen-bond acceptors (Lipinski definition) is 0. The van der Waals surface area contributed by atoms with Gasteiger partial charge < -0.3 is 4.57 Å². The average Bonchev–Trinajstić information content (AvgIpc) is 2.95. The van der Waals surface area contributed by atoms with E-state index < -0.39 is 0 Å². The molecule has 114 valence electrons. The molecule has 1 heteroatoms. The van der Waals surface area contributed by atoms with Crippen LogP contribution >= 0.6 is 0 Å². The smallest absolute Gasteiger partial charge is 0.0568 e. The Labute approximate surface area is 140 Å². The van der Waals surface area contributed by atoms with Crippen molar-refractivity contribution in [1.82, 2.24) is 4.57 Å². The van der Waals surface area contributed by atoms with Gasteiger partial charge in [-0.05, 0) is 28.6 Å². The second-order valence-electron chi connectivity index (χ2n) is 6.34. The van der Waals surface area contributed by atoms with E-state index in [2.05, 4.69) is 96.5 Å². The van der Waals surface area contributed by atoms with E-state index in [0.717, 1.165) is 0 Å². The maximum Gasteiger partial charge on any atom is 0.0568 e. The lowest BCUT2D eigenvalue weighted by molar-refractivity contribution is 1.02. The topological polar surface area (TPSA) is 4.93 Å². The van der Waals surface area contributed by atoms with E-state index in [1.807, 2.05) is 0 Å². The fourth-order valence-corrected chi connectivity index (χ4v) is 3.81. The molecule has 24 heavy (non-hydrogen) atoms. The minimum absolute atomic E-state index is 1.26. The summed E-state index contributed by atoms with van der Waals surface area (Å²) in [5, 5.41) is 5.25. The van der Waals surface area contributed by atoms with Gasteiger partial charge in [-0.2, -0.15) is 0 Å². The molecule has 0 radical (unpaired) electrons. The zero-order valence-electron chi connectivity index (χ0n) is 13.5. The average molecular weight is 307 g/mol. The molecular formula is C23H17N. The first-order valence-electron chi connectivity index (χ1n) is 8.28. The first kappa shape index (κ1) is 13.4. The van der Waals surface area contributed by atoms with Crippen LogP contribution in [-0.4, -0.2) is 4.57 Å². The summed E-state index contributed by atoms with van der Waals surface area (Å²) in [4.78, 5) is 0. The van der Waals surface area contributed by atoms with Gasteiger partial charge in [0.1, 0.15) is 0 Å². The van der Waals surface area contributed by atoms with Crippen molar-refractivity contribution in [3.8, 4) is 11.1 Å². The van der Waals surface area contributed by atoms with E-state index in [9.17, 15) is 0 Å². The molecule has 0 fully saturated rings. The Hall–Kier alpha value is -3.06. The van der Waals surface area contributed by atoms with Crippen molar-refractivity contribution in [3.05, 3.63) is 84.9 Å². The molecule has 0 bridgehead atoms. The molecule has 0 amide bonds. The lowest BCUT2D eigenvalue weighted by atomic mass is 10.0. The normalized spacial score (nSPS) is 11.5. The summed E-state index contributed by atoms with van der Waals surface area (Å²) in [7, 11) is 2.17. The van der Waals surface area contributed by atoms with Gasteiger partial charge >= 0.3 is 0 Å². The number of hydrogen-bond donors (Lipinski definition) is 0. The van der Waals surface area contributed by atoms with E-state index in [-0.39, 0.29) is 0 Å². The summed E-state index contributed by atoms with van der Waals surface area (Å²) in [6, 6.07) is 30.5. The Kier molecular flexibility index (Phi) is 2.77. The Morgan fingerprint density at radius 3 is 2.25 bits per heavy atom. The summed E-state index contributed by atoms with van der Waals surface area (Å²) in [6.45, 7) is 0. The van der Waals surface area contributed by atoms with Gasteiger partial charge in [-0.15, -0.1) is 0 Å². The summed E-state index contributed by atoms with van der Waals surface area (Å²) in [5.41, 5.74) is 5.12. The first-order valence-corrected chi connectivity index (χ1v) is 8.28. The number of aromatic nitrogens is 1. The predicted molar refractivity (Wildman–Crippen MR) is 103 cm³/mol. The number of nitrogens with zero attached hydrogens (tertiary/aromatic N) is 1. The zero-order valence-corrected chi connectivity index (χ0v) is 13.5. The first-order chi connectivity index (χ1) is 11.8. The van der Waals surface area contributed by atoms with E-state index in [1.165, 1.54) is 43.7 Å². The second-order valence-corrected chi connectivity index (χ2v) is 6.34. The maximum absolute atomic E-state index is 2.32. The molecule has 0 N–H and O–H groups in total. The van der Waals surface area contributed by atoms with Crippen molar-refractivity contribution < 1.29 is 0 Å². The van der Waals surface area contributed by atoms with E-state index in [0.29, 0.717) is 0 Å². The highest BCUT2D eigenvalue weighted by Crippen LogP contribution is 2.35. The van der Waals surface area contributed by atoms with Gasteiger partial charge in [-0.25, -0.2) is 0 Å². The van der Waals surface area contributed by atoms with Crippen LogP contribution in [0.2, 0.25) is 0 Å². The van der Waals surface area contributed by atoms with Gasteiger partial charge in [0.15, 0.2) is 0 Å². The second kappa shape index (κ2) is 4.97. The Morgan fingerprint density at radius 2 is 1.38 bits per heavy atom. The molecule has 1 heterocycles. The summed E-state index contributed by atoms with van der Waals surface area (Å²) < 4.78 is 2.32. The van der Waals surface area contributed by atoms with Gasteiger partial charge in [-0.3, -0.25) is 0 Å². The fourth-order valence-electron chi connectivity index (χ4n) is 3.81. The summed E-state index contributed by atoms with van der Waals surface area (Å²) >= 11 is 0. The van der Waals surface area contributed by atoms with Crippen LogP contribution in [0.5, 0.6) is 0 Å². The third-order valence-electron chi connectivity index (χ3n) is 4.99. The van der Waals surface area contributed by atoms with Gasteiger partial charge in [-0.1, -0.05) is 72.8 Å². The van der Waals surface area contributed by atoms with Crippen LogP contribution < -0.4 is 0 Å². The van der Waals surface area contributed by atoms with Crippen molar-refractivity contribution in [2.24, 2.45) is 7.05 Å². The van der Waals surface area contributed by atoms with E-state index >= 15 is 0 Å². The van der Waals surface area contributed by atoms with Crippen LogP contribution in [0.15, 0.2) is 84.9 Å². The van der Waals surface area contributed by atoms with Crippen LogP contribution in [-0.2, 0) is 7.05 Å². The highest BCUT2D eigenvalue weighted by molar-refractivity contribution is 6.18. The van der Waals surface area contributed by atoms with E-state index in [4.69, 9.17) is 0 Å². The molecule has 5 aromatic rings. The molecule has 4 aromatic carbocycles. The third-order valence-corrected chi connectivity index (χ3v) is 4.99. The standard InChI is InChI=1S/C23H17N/c1-24-22-14-12-18(16-7-3-2-4-8-16)15-21(22)20-13-11-17-9-5-6-10-19(17)23(20)24/h2-15H,1H3. The van der Waals surface area contributed by atoms with Crippen molar-refractivity contribution in [2.75, 3.05) is 0 Å². The molecule has 1 aromatic heterocycles. The van der Waals surface area contributed by atoms with Crippen molar-refractivity contribution >= 4 is 32.6 Å². The van der Waals surface area contributed by atoms with Crippen LogP contribution in [0.4, 0.5) is 0 Å². The SMILES string of the molecule is Cn1c2ccc(-c3ccccc3)cc2c2ccc3ccccc3c21. The number of aryl methyl sites for hydroxylation is 1. The predicted octanol–water partition coefficient (Wildman–Crippen LogP) is 6.15. The highest BCUT2D eigenvalue weighted by Gasteiger charge is 2.11. The number of fused-ring (bicyclic) bond motifs is 5. The third kappa shape index (κ3) is 1.82. The minimum atomic E-state index is 1.26. The van der Waals surface area contributed by atoms with Crippen LogP contribution in [0, 0.1) is 0 Å². The largest absolute Gasteiger partial charge is 0.343 e. The molecule has 0 spiro atoms. The molecule has 0 unspecified atom stereocenters. The van der Waals surface area contributed by atoms with Gasteiger partial charge in [0.2, 0.25) is 0 Å². The van der Waals surface area contributed by atoms with Crippen molar-refractivity contribution in [1.29, 1.82) is 0 Å². The Morgan fingerprint density at radius 1 is 0.583 bits per heavy atom. The number of benzene rings is 4. The molecule has 0 aliphatic rings. The summed E-state index contributed by atoms with van der Waals surface area (Å²) in [5.74, 6) is 0. The Balaban J connectivity index is 1.90. The minimum Gasteiger partial charge on any atom is -0.343 e. The molecule has 5 rings (SSSR count).